The van der Waals surface area contributed by atoms with E-state index in [-0.39, 0.29) is 27.0 Å². The van der Waals surface area contributed by atoms with E-state index < -0.39 is 11.1 Å². The molecule has 0 fully saturated rings. The van der Waals surface area contributed by atoms with Gasteiger partial charge in [-0.2, -0.15) is 0 Å². The molecule has 0 aromatic rings. The quantitative estimate of drug-likeness (QED) is 0.337. The molecular formula is C2H5N2O5Pd-. The predicted octanol–water partition coefficient (Wildman–Crippen LogP) is -1.21. The van der Waals surface area contributed by atoms with Crippen LogP contribution < -0.4 is 5.73 Å². The molecule has 3 N–H and O–H groups in total. The zero-order chi connectivity index (χ0) is 7.86. The number of nitrogens with zero attached hydrogens (tertiary/aromatic N) is 1. The summed E-state index contributed by atoms with van der Waals surface area (Å²) in [5.74, 6) is -0.968. The fourth-order valence-electron chi connectivity index (χ4n) is 0. The van der Waals surface area contributed by atoms with Crippen LogP contribution in [0.15, 0.2) is 0 Å². The molecule has 0 unspecified atom stereocenters. The molecule has 10 heavy (non-hydrogen) atoms. The summed E-state index contributed by atoms with van der Waals surface area (Å²) in [6.07, 6.45) is 0. The maximum atomic E-state index is 9.24. The number of carbonyl (C=O) groups is 1. The van der Waals surface area contributed by atoms with Crippen molar-refractivity contribution in [3.05, 3.63) is 15.3 Å². The SMILES string of the molecule is NCC(=O)O.O=[N+]([O-])[O-].[Pd]. The molecule has 0 heterocycles. The van der Waals surface area contributed by atoms with E-state index in [0.29, 0.717) is 0 Å². The van der Waals surface area contributed by atoms with Crippen LogP contribution in [0.4, 0.5) is 0 Å². The molecule has 64 valence electrons. The average molecular weight is 243 g/mol. The summed E-state index contributed by atoms with van der Waals surface area (Å²) < 4.78 is 0. The molecule has 0 spiro atoms. The number of carboxylic acid groups (broad SMARTS) is 1. The van der Waals surface area contributed by atoms with Crippen molar-refractivity contribution in [3.63, 3.8) is 0 Å². The Labute approximate surface area is 69.6 Å². The van der Waals surface area contributed by atoms with Crippen LogP contribution in [-0.2, 0) is 25.2 Å². The van der Waals surface area contributed by atoms with E-state index in [0.717, 1.165) is 0 Å². The third-order valence-corrected chi connectivity index (χ3v) is 0.175. The number of nitrogens with two attached hydrogens (primary N) is 1. The molecule has 0 saturated heterocycles. The first-order valence-electron chi connectivity index (χ1n) is 1.74. The van der Waals surface area contributed by atoms with Gasteiger partial charge in [0.25, 0.3) is 0 Å². The first-order chi connectivity index (χ1) is 4.00. The Kier molecular flexibility index (Phi) is 18.0. The molecule has 0 aliphatic heterocycles. The largest absolute Gasteiger partial charge is 0.480 e. The Morgan fingerprint density at radius 1 is 1.60 bits per heavy atom. The summed E-state index contributed by atoms with van der Waals surface area (Å²) in [5.41, 5.74) is 4.57. The van der Waals surface area contributed by atoms with Crippen LogP contribution in [0.25, 0.3) is 0 Å². The van der Waals surface area contributed by atoms with Gasteiger partial charge >= 0.3 is 5.97 Å². The molecule has 8 heteroatoms. The van der Waals surface area contributed by atoms with Gasteiger partial charge in [-0.25, -0.2) is 0 Å². The topological polar surface area (TPSA) is 130 Å². The molecule has 7 nitrogen and oxygen atoms in total. The summed E-state index contributed by atoms with van der Waals surface area (Å²) in [5, 5.41) is 22.3. The van der Waals surface area contributed by atoms with E-state index in [1.165, 1.54) is 0 Å². The first kappa shape index (κ1) is 16.1. The number of hydrogen-bond donors (Lipinski definition) is 2. The van der Waals surface area contributed by atoms with Gasteiger partial charge in [0.1, 0.15) is 0 Å². The van der Waals surface area contributed by atoms with Crippen molar-refractivity contribution >= 4 is 5.97 Å². The van der Waals surface area contributed by atoms with Crippen LogP contribution in [-0.4, -0.2) is 22.7 Å². The zero-order valence-corrected chi connectivity index (χ0v) is 6.18. The van der Waals surface area contributed by atoms with E-state index in [1.54, 1.807) is 0 Å². The van der Waals surface area contributed by atoms with Gasteiger partial charge in [0.2, 0.25) is 0 Å². The molecular weight excluding hydrogens is 238 g/mol. The molecule has 0 atom stereocenters. The van der Waals surface area contributed by atoms with Gasteiger partial charge in [0.05, 0.1) is 11.6 Å². The number of carboxylic acids is 1. The second kappa shape index (κ2) is 11.1. The smallest absolute Gasteiger partial charge is 0.317 e. The van der Waals surface area contributed by atoms with E-state index in [2.05, 4.69) is 5.73 Å². The van der Waals surface area contributed by atoms with Crippen molar-refractivity contribution in [2.24, 2.45) is 5.73 Å². The third kappa shape index (κ3) is 173. The van der Waals surface area contributed by atoms with Gasteiger partial charge in [-0.1, -0.05) is 0 Å². The van der Waals surface area contributed by atoms with Crippen molar-refractivity contribution in [2.75, 3.05) is 6.54 Å². The van der Waals surface area contributed by atoms with Crippen LogP contribution in [0.1, 0.15) is 0 Å². The molecule has 0 amide bonds. The van der Waals surface area contributed by atoms with Gasteiger partial charge in [-0.05, 0) is 0 Å². The number of hydrogen-bond acceptors (Lipinski definition) is 5. The van der Waals surface area contributed by atoms with Gasteiger partial charge in [-0.15, -0.1) is 0 Å². The molecule has 0 saturated carbocycles. The van der Waals surface area contributed by atoms with Crippen molar-refractivity contribution in [1.82, 2.24) is 0 Å². The van der Waals surface area contributed by atoms with Crippen molar-refractivity contribution in [1.29, 1.82) is 0 Å². The Morgan fingerprint density at radius 2 is 1.70 bits per heavy atom. The summed E-state index contributed by atoms with van der Waals surface area (Å²) in [6.45, 7) is -0.278. The molecule has 0 aliphatic rings. The van der Waals surface area contributed by atoms with Gasteiger partial charge in [-0.3, -0.25) is 4.79 Å². The standard InChI is InChI=1S/C2H5NO2.NO3.Pd/c3-1-2(4)5;2-1(3)4;/h1,3H2,(H,4,5);;/q;-1;. The molecule has 0 rings (SSSR count). The van der Waals surface area contributed by atoms with Crippen LogP contribution >= 0.6 is 0 Å². The molecule has 0 radical (unpaired) electrons. The Bertz CT molecular complexity index is 102. The Balaban J connectivity index is -0.0000000910. The number of rotatable bonds is 1. The van der Waals surface area contributed by atoms with Crippen LogP contribution in [0.2, 0.25) is 0 Å². The van der Waals surface area contributed by atoms with E-state index in [4.69, 9.17) is 20.4 Å². The maximum absolute atomic E-state index is 9.24. The summed E-state index contributed by atoms with van der Waals surface area (Å²) >= 11 is 0. The van der Waals surface area contributed by atoms with Gasteiger partial charge in [0, 0.05) is 20.4 Å². The van der Waals surface area contributed by atoms with Crippen molar-refractivity contribution in [2.45, 2.75) is 0 Å². The predicted molar refractivity (Wildman–Crippen MR) is 27.1 cm³/mol. The second-order valence-electron chi connectivity index (χ2n) is 0.821. The normalized spacial score (nSPS) is 6.10. The Hall–Kier alpha value is -0.708. The zero-order valence-electron chi connectivity index (χ0n) is 4.63. The third-order valence-electron chi connectivity index (χ3n) is 0.175. The molecule has 0 aliphatic carbocycles. The minimum atomic E-state index is -1.75. The fourth-order valence-corrected chi connectivity index (χ4v) is 0. The maximum Gasteiger partial charge on any atom is 0.317 e. The molecule has 0 bridgehead atoms. The number of aliphatic carboxylic acids is 1. The molecule has 0 aromatic carbocycles. The summed E-state index contributed by atoms with van der Waals surface area (Å²) in [4.78, 5) is 17.5. The van der Waals surface area contributed by atoms with Crippen LogP contribution in [0, 0.1) is 15.3 Å². The van der Waals surface area contributed by atoms with Gasteiger partial charge in [0.15, 0.2) is 0 Å². The summed E-state index contributed by atoms with van der Waals surface area (Å²) in [7, 11) is 0. The Morgan fingerprint density at radius 3 is 1.70 bits per heavy atom. The first-order valence-corrected chi connectivity index (χ1v) is 1.74. The minimum absolute atomic E-state index is 0. The monoisotopic (exact) mass is 243 g/mol. The van der Waals surface area contributed by atoms with E-state index in [1.807, 2.05) is 0 Å². The van der Waals surface area contributed by atoms with Crippen LogP contribution in [0.3, 0.4) is 0 Å². The fraction of sp³-hybridized carbons (Fsp3) is 0.500. The molecule has 0 aromatic heterocycles. The summed E-state index contributed by atoms with van der Waals surface area (Å²) in [6, 6.07) is 0. The van der Waals surface area contributed by atoms with Crippen LogP contribution in [0.5, 0.6) is 0 Å². The van der Waals surface area contributed by atoms with Crippen molar-refractivity contribution < 1.29 is 35.4 Å². The van der Waals surface area contributed by atoms with Gasteiger partial charge < -0.3 is 26.2 Å². The minimum Gasteiger partial charge on any atom is -0.480 e. The van der Waals surface area contributed by atoms with E-state index in [9.17, 15) is 4.79 Å². The van der Waals surface area contributed by atoms with E-state index >= 15 is 0 Å². The average Bonchev–Trinajstić information content (AvgIpc) is 1.65. The second-order valence-corrected chi connectivity index (χ2v) is 0.821. The van der Waals surface area contributed by atoms with Crippen molar-refractivity contribution in [3.8, 4) is 0 Å².